The summed E-state index contributed by atoms with van der Waals surface area (Å²) in [5, 5.41) is 38.0. The molecule has 7 N–H and O–H groups in total. The number of thioether (sulfide) groups is 2. The Morgan fingerprint density at radius 2 is 2.10 bits per heavy atom. The zero-order valence-electron chi connectivity index (χ0n) is 21.0. The van der Waals surface area contributed by atoms with Crippen LogP contribution >= 0.6 is 46.4 Å². The second-order valence-electron chi connectivity index (χ2n) is 8.15. The maximum Gasteiger partial charge on any atom is 0.352 e. The summed E-state index contributed by atoms with van der Waals surface area (Å²) >= 11 is 4.61. The molecule has 0 amide bonds. The van der Waals surface area contributed by atoms with Gasteiger partial charge in [0.25, 0.3) is 0 Å². The Morgan fingerprint density at radius 1 is 1.35 bits per heavy atom. The highest BCUT2D eigenvalue weighted by Gasteiger charge is 2.43. The van der Waals surface area contributed by atoms with E-state index in [1.54, 1.807) is 6.92 Å². The van der Waals surface area contributed by atoms with Crippen LogP contribution in [0.15, 0.2) is 50.0 Å². The number of hydrogen-bond donors (Lipinski definition) is 6. The van der Waals surface area contributed by atoms with Crippen molar-refractivity contribution in [3.05, 3.63) is 46.3 Å². The fourth-order valence-electron chi connectivity index (χ4n) is 3.64. The molecule has 3 aromatic heterocycles. The topological polar surface area (TPSA) is 209 Å². The van der Waals surface area contributed by atoms with E-state index >= 15 is 0 Å². The third-order valence-corrected chi connectivity index (χ3v) is 9.49. The minimum Gasteiger partial charge on any atom is -0.481 e. The van der Waals surface area contributed by atoms with E-state index in [0.717, 1.165) is 22.8 Å². The molecule has 0 fully saturated rings. The summed E-state index contributed by atoms with van der Waals surface area (Å²) < 4.78 is 6.61. The molecule has 0 bridgehead atoms. The van der Waals surface area contributed by atoms with Crippen LogP contribution in [-0.4, -0.2) is 71.2 Å². The molecule has 40 heavy (non-hydrogen) atoms. The number of aliphatic carboxylic acids is 2. The number of thiazole rings is 1. The number of hydroxylamine groups is 1. The molecule has 3 atom stereocenters. The van der Waals surface area contributed by atoms with Crippen molar-refractivity contribution >= 4 is 69.2 Å². The quantitative estimate of drug-likeness (QED) is 0.0960. The lowest BCUT2D eigenvalue weighted by Gasteiger charge is -2.34. The smallest absolute Gasteiger partial charge is 0.352 e. The third-order valence-electron chi connectivity index (χ3n) is 5.51. The molecule has 18 heteroatoms. The van der Waals surface area contributed by atoms with E-state index < -0.39 is 29.3 Å². The molecular weight excluding hydrogens is 601 g/mol. The lowest BCUT2D eigenvalue weighted by molar-refractivity contribution is -0.671. The van der Waals surface area contributed by atoms with Crippen molar-refractivity contribution < 1.29 is 34.4 Å². The first-order valence-corrected chi connectivity index (χ1v) is 15.1. The van der Waals surface area contributed by atoms with Crippen molar-refractivity contribution in [3.63, 3.8) is 0 Å². The molecule has 0 spiro atoms. The number of nitrogens with zero attached hydrogens (tertiary/aromatic N) is 5. The lowest BCUT2D eigenvalue weighted by Crippen LogP contribution is -2.54. The predicted molar refractivity (Wildman–Crippen MR) is 151 cm³/mol. The van der Waals surface area contributed by atoms with E-state index in [1.165, 1.54) is 34.9 Å². The van der Waals surface area contributed by atoms with Gasteiger partial charge in [0.2, 0.25) is 0 Å². The number of carboxylic acid groups (broad SMARTS) is 2. The number of hydrogen-bond acceptors (Lipinski definition) is 15. The van der Waals surface area contributed by atoms with E-state index in [0.29, 0.717) is 9.24 Å². The van der Waals surface area contributed by atoms with Crippen molar-refractivity contribution in [3.8, 4) is 11.3 Å². The maximum absolute atomic E-state index is 12.5. The van der Waals surface area contributed by atoms with Crippen LogP contribution in [-0.2, 0) is 21.5 Å². The number of nitrogen functional groups attached to an aromatic ring is 1. The Morgan fingerprint density at radius 3 is 2.70 bits per heavy atom. The second-order valence-corrected chi connectivity index (χ2v) is 12.3. The number of rotatable bonds is 12. The summed E-state index contributed by atoms with van der Waals surface area (Å²) in [5.74, 6) is -3.85. The fourth-order valence-corrected chi connectivity index (χ4v) is 7.47. The van der Waals surface area contributed by atoms with Gasteiger partial charge in [-0.3, -0.25) is 4.79 Å². The zero-order chi connectivity index (χ0) is 28.8. The minimum atomic E-state index is -1.43. The van der Waals surface area contributed by atoms with Gasteiger partial charge in [0.05, 0.1) is 17.1 Å². The van der Waals surface area contributed by atoms with Crippen LogP contribution in [0.3, 0.4) is 0 Å². The molecule has 1 aliphatic heterocycles. The summed E-state index contributed by atoms with van der Waals surface area (Å²) in [6.07, 6.45) is 3.82. The number of aryl methyl sites for hydroxylation is 1. The van der Waals surface area contributed by atoms with Crippen LogP contribution in [0.4, 0.5) is 5.13 Å². The van der Waals surface area contributed by atoms with Gasteiger partial charge in [0, 0.05) is 45.3 Å². The van der Waals surface area contributed by atoms with Crippen LogP contribution in [0.1, 0.15) is 12.7 Å². The molecule has 0 radical (unpaired) electrons. The first kappa shape index (κ1) is 29.7. The van der Waals surface area contributed by atoms with Gasteiger partial charge in [-0.2, -0.15) is 14.8 Å². The van der Waals surface area contributed by atoms with Crippen molar-refractivity contribution in [1.29, 1.82) is 0 Å². The van der Waals surface area contributed by atoms with Crippen LogP contribution in [0.5, 0.6) is 0 Å². The van der Waals surface area contributed by atoms with Crippen LogP contribution in [0.2, 0.25) is 0 Å². The number of carboxylic acids is 2. The molecule has 3 unspecified atom stereocenters. The minimum absolute atomic E-state index is 0.0217. The normalized spacial score (nSPS) is 17.3. The fraction of sp³-hybridized carbons (Fsp3) is 0.318. The average molecular weight is 626 g/mol. The van der Waals surface area contributed by atoms with Gasteiger partial charge in [-0.05, 0) is 6.92 Å². The Hall–Kier alpha value is -3.29. The lowest BCUT2D eigenvalue weighted by atomic mass is 9.95. The molecule has 4 heterocycles. The van der Waals surface area contributed by atoms with Gasteiger partial charge in [0.1, 0.15) is 31.0 Å². The van der Waals surface area contributed by atoms with E-state index in [1.807, 2.05) is 47.0 Å². The molecule has 0 saturated heterocycles. The molecule has 3 aromatic rings. The van der Waals surface area contributed by atoms with Crippen molar-refractivity contribution in [2.24, 2.45) is 18.1 Å². The highest BCUT2D eigenvalue weighted by atomic mass is 32.2. The molecule has 0 aromatic carbocycles. The van der Waals surface area contributed by atoms with Crippen LogP contribution in [0, 0.1) is 5.92 Å². The molecule has 4 rings (SSSR count). The van der Waals surface area contributed by atoms with Gasteiger partial charge in [0.15, 0.2) is 27.7 Å². The van der Waals surface area contributed by atoms with Gasteiger partial charge in [-0.1, -0.05) is 16.9 Å². The van der Waals surface area contributed by atoms with E-state index in [4.69, 9.17) is 10.6 Å². The summed E-state index contributed by atoms with van der Waals surface area (Å²) in [5.41, 5.74) is 9.11. The Balaban J connectivity index is 1.60. The van der Waals surface area contributed by atoms with E-state index in [9.17, 15) is 25.0 Å². The van der Waals surface area contributed by atoms with Crippen LogP contribution < -0.4 is 21.1 Å². The van der Waals surface area contributed by atoms with Crippen molar-refractivity contribution in [1.82, 2.24) is 25.1 Å². The summed E-state index contributed by atoms with van der Waals surface area (Å²) in [4.78, 5) is 39.0. The zero-order valence-corrected chi connectivity index (χ0v) is 24.3. The van der Waals surface area contributed by atoms with E-state index in [-0.39, 0.29) is 34.7 Å². The first-order chi connectivity index (χ1) is 19.2. The molecule has 0 saturated carbocycles. The Bertz CT molecular complexity index is 1430. The number of nitrogens with two attached hydrogens (primary N) is 1. The Kier molecular flexibility index (Phi) is 9.93. The standard InChI is InChI=1S/C22H24N8O6S4/c1-3-36-28-16(17-26-21(23)40-29-17)15(27-35)13(19(31)32)18-25-14(20(33)34)12(9-37-18)39-22-24-11(8-38-22)10-4-6-30(2)7-5-10/h4-8,13,15,18,25,27,35H,3,9H2,1-2H3,(H3-,23,26,29,31,32,33,34)/p+1/b28-16-. The molecule has 1 aliphatic rings. The predicted octanol–water partition coefficient (Wildman–Crippen LogP) is 1.61. The molecule has 0 aliphatic carbocycles. The number of nitrogens with one attached hydrogen (secondary N) is 2. The van der Waals surface area contributed by atoms with Gasteiger partial charge < -0.3 is 31.3 Å². The highest BCUT2D eigenvalue weighted by Crippen LogP contribution is 2.40. The number of carbonyl (C=O) groups is 2. The van der Waals surface area contributed by atoms with Crippen molar-refractivity contribution in [2.45, 2.75) is 22.7 Å². The summed E-state index contributed by atoms with van der Waals surface area (Å²) in [6, 6.07) is 2.50. The van der Waals surface area contributed by atoms with Gasteiger partial charge in [-0.15, -0.1) is 23.1 Å². The van der Waals surface area contributed by atoms with Crippen molar-refractivity contribution in [2.75, 3.05) is 18.1 Å². The molecular formula is C22H25N8O6S4+. The third kappa shape index (κ3) is 6.88. The molecule has 14 nitrogen and oxygen atoms in total. The maximum atomic E-state index is 12.5. The monoisotopic (exact) mass is 625 g/mol. The van der Waals surface area contributed by atoms with E-state index in [2.05, 4.69) is 24.8 Å². The SMILES string of the molecule is CCO/N=C(\c1nsc(N)n1)C(NO)C(C(=O)O)C1NC(C(=O)O)=C(Sc2nc(-c3cc[n+](C)cc3)cs2)CS1. The van der Waals surface area contributed by atoms with Crippen LogP contribution in [0.25, 0.3) is 11.3 Å². The second kappa shape index (κ2) is 13.4. The van der Waals surface area contributed by atoms with Gasteiger partial charge >= 0.3 is 11.9 Å². The number of pyridine rings is 1. The Labute approximate surface area is 244 Å². The number of anilines is 1. The van der Waals surface area contributed by atoms with Gasteiger partial charge in [-0.25, -0.2) is 14.3 Å². The highest BCUT2D eigenvalue weighted by molar-refractivity contribution is 8.07. The summed E-state index contributed by atoms with van der Waals surface area (Å²) in [6.45, 7) is 1.83. The summed E-state index contributed by atoms with van der Waals surface area (Å²) in [7, 11) is 1.92. The number of oxime groups is 1. The molecule has 212 valence electrons. The average Bonchev–Trinajstić information content (AvgIpc) is 3.58. The number of aromatic nitrogens is 4. The first-order valence-electron chi connectivity index (χ1n) is 11.6. The largest absolute Gasteiger partial charge is 0.481 e.